The van der Waals surface area contributed by atoms with Crippen LogP contribution >= 0.6 is 7.60 Å². The Morgan fingerprint density at radius 1 is 1.17 bits per heavy atom. The first-order chi connectivity index (χ1) is 10.6. The number of carbonyl (C=O) groups excluding carboxylic acids is 1. The molecule has 0 fully saturated rings. The number of esters is 1. The van der Waals surface area contributed by atoms with Crippen LogP contribution in [0.1, 0.15) is 19.4 Å². The monoisotopic (exact) mass is 358 g/mol. The van der Waals surface area contributed by atoms with Gasteiger partial charge in [-0.15, -0.1) is 0 Å². The van der Waals surface area contributed by atoms with E-state index < -0.39 is 43.0 Å². The molecule has 1 aromatic rings. The number of ether oxygens (including phenoxy) is 1. The van der Waals surface area contributed by atoms with Gasteiger partial charge in [0.25, 0.3) is 0 Å². The molecule has 1 aromatic carbocycles. The zero-order valence-corrected chi connectivity index (χ0v) is 13.2. The fourth-order valence-electron chi connectivity index (χ4n) is 1.59. The molecule has 0 aliphatic heterocycles. The topological polar surface area (TPSA) is 61.8 Å². The minimum atomic E-state index is -4.72. The maximum Gasteiger partial charge on any atom is 0.416 e. The number of benzene rings is 1. The highest BCUT2D eigenvalue weighted by molar-refractivity contribution is 7.54. The van der Waals surface area contributed by atoms with Crippen LogP contribution in [-0.2, 0) is 24.6 Å². The van der Waals surface area contributed by atoms with Gasteiger partial charge in [-0.2, -0.15) is 13.2 Å². The lowest BCUT2D eigenvalue weighted by Crippen LogP contribution is -2.17. The normalized spacial score (nSPS) is 12.3. The number of hydrogen-bond acceptors (Lipinski definition) is 5. The Kier molecular flexibility index (Phi) is 6.73. The van der Waals surface area contributed by atoms with Crippen LogP contribution in [0, 0.1) is 5.82 Å². The van der Waals surface area contributed by atoms with E-state index in [0.717, 1.165) is 0 Å². The van der Waals surface area contributed by atoms with Crippen molar-refractivity contribution in [1.29, 1.82) is 0 Å². The highest BCUT2D eigenvalue weighted by Gasteiger charge is 2.32. The van der Waals surface area contributed by atoms with Crippen LogP contribution in [-0.4, -0.2) is 25.3 Å². The summed E-state index contributed by atoms with van der Waals surface area (Å²) in [7, 11) is -3.74. The van der Waals surface area contributed by atoms with Gasteiger partial charge in [0.15, 0.2) is 11.6 Å². The first-order valence-corrected chi connectivity index (χ1v) is 8.29. The molecular formula is C13H15F4O5P. The molecule has 5 nitrogen and oxygen atoms in total. The Hall–Kier alpha value is -1.44. The van der Waals surface area contributed by atoms with E-state index in [9.17, 15) is 26.9 Å². The van der Waals surface area contributed by atoms with E-state index in [0.29, 0.717) is 12.1 Å². The van der Waals surface area contributed by atoms with Gasteiger partial charge in [0, 0.05) is 0 Å². The Balaban J connectivity index is 2.83. The number of alkyl halides is 3. The van der Waals surface area contributed by atoms with Crippen LogP contribution in [0.2, 0.25) is 0 Å². The first kappa shape index (κ1) is 19.6. The summed E-state index contributed by atoms with van der Waals surface area (Å²) < 4.78 is 77.2. The van der Waals surface area contributed by atoms with E-state index in [1.54, 1.807) is 0 Å². The van der Waals surface area contributed by atoms with Gasteiger partial charge in [0.2, 0.25) is 0 Å². The molecule has 0 atom stereocenters. The molecule has 23 heavy (non-hydrogen) atoms. The third-order valence-electron chi connectivity index (χ3n) is 2.46. The predicted molar refractivity (Wildman–Crippen MR) is 72.8 cm³/mol. The largest absolute Gasteiger partial charge is 0.423 e. The number of carbonyl (C=O) groups is 1. The quantitative estimate of drug-likeness (QED) is 0.319. The highest BCUT2D eigenvalue weighted by atomic mass is 31.2. The van der Waals surface area contributed by atoms with Gasteiger partial charge in [0.1, 0.15) is 6.16 Å². The second-order valence-electron chi connectivity index (χ2n) is 4.22. The van der Waals surface area contributed by atoms with E-state index >= 15 is 0 Å². The molecule has 0 heterocycles. The second-order valence-corrected chi connectivity index (χ2v) is 6.28. The summed E-state index contributed by atoms with van der Waals surface area (Å²) in [4.78, 5) is 11.7. The summed E-state index contributed by atoms with van der Waals surface area (Å²) in [5, 5.41) is 0. The number of rotatable bonds is 7. The summed E-state index contributed by atoms with van der Waals surface area (Å²) in [6.07, 6.45) is -5.50. The van der Waals surface area contributed by atoms with Crippen LogP contribution in [0.5, 0.6) is 5.75 Å². The smallest absolute Gasteiger partial charge is 0.416 e. The summed E-state index contributed by atoms with van der Waals surface area (Å²) >= 11 is 0. The summed E-state index contributed by atoms with van der Waals surface area (Å²) in [6, 6.07) is 1.44. The lowest BCUT2D eigenvalue weighted by Gasteiger charge is -2.16. The molecule has 0 N–H and O–H groups in total. The molecule has 10 heteroatoms. The van der Waals surface area contributed by atoms with E-state index in [-0.39, 0.29) is 19.3 Å². The highest BCUT2D eigenvalue weighted by Crippen LogP contribution is 2.47. The minimum absolute atomic E-state index is 0.0131. The van der Waals surface area contributed by atoms with Gasteiger partial charge >= 0.3 is 19.7 Å². The average Bonchev–Trinajstić information content (AvgIpc) is 2.40. The van der Waals surface area contributed by atoms with E-state index in [1.165, 1.54) is 13.8 Å². The molecule has 0 saturated heterocycles. The van der Waals surface area contributed by atoms with Crippen molar-refractivity contribution in [2.24, 2.45) is 0 Å². The molecule has 0 aliphatic rings. The van der Waals surface area contributed by atoms with Gasteiger partial charge in [-0.25, -0.2) is 4.39 Å². The Labute approximate surface area is 130 Å². The SMILES string of the molecule is CCOP(=O)(CC(=O)Oc1ccc(C(F)(F)F)cc1F)OCC. The summed E-state index contributed by atoms with van der Waals surface area (Å²) in [5.41, 5.74) is -1.22. The summed E-state index contributed by atoms with van der Waals surface area (Å²) in [5.74, 6) is -3.22. The second kappa shape index (κ2) is 7.90. The van der Waals surface area contributed by atoms with Crippen molar-refractivity contribution < 1.29 is 40.7 Å². The van der Waals surface area contributed by atoms with Crippen molar-refractivity contribution >= 4 is 13.6 Å². The van der Waals surface area contributed by atoms with Crippen molar-refractivity contribution in [3.05, 3.63) is 29.6 Å². The summed E-state index contributed by atoms with van der Waals surface area (Å²) in [6.45, 7) is 3.09. The van der Waals surface area contributed by atoms with Crippen molar-refractivity contribution in [1.82, 2.24) is 0 Å². The van der Waals surface area contributed by atoms with Crippen molar-refractivity contribution in [2.45, 2.75) is 20.0 Å². The van der Waals surface area contributed by atoms with Gasteiger partial charge in [-0.3, -0.25) is 9.36 Å². The predicted octanol–water partition coefficient (Wildman–Crippen LogP) is 4.02. The number of hydrogen-bond donors (Lipinski definition) is 0. The van der Waals surface area contributed by atoms with Crippen LogP contribution in [0.15, 0.2) is 18.2 Å². The zero-order chi connectivity index (χ0) is 17.7. The van der Waals surface area contributed by atoms with E-state index in [1.807, 2.05) is 0 Å². The fourth-order valence-corrected chi connectivity index (χ4v) is 3.02. The van der Waals surface area contributed by atoms with Crippen LogP contribution in [0.3, 0.4) is 0 Å². The third-order valence-corrected chi connectivity index (χ3v) is 4.41. The maximum absolute atomic E-state index is 13.6. The van der Waals surface area contributed by atoms with Gasteiger partial charge in [0.05, 0.1) is 18.8 Å². The fraction of sp³-hybridized carbons (Fsp3) is 0.462. The van der Waals surface area contributed by atoms with Gasteiger partial charge in [-0.1, -0.05) is 0 Å². The lowest BCUT2D eigenvalue weighted by atomic mass is 10.2. The van der Waals surface area contributed by atoms with Crippen molar-refractivity contribution in [2.75, 3.05) is 19.4 Å². The van der Waals surface area contributed by atoms with Gasteiger partial charge in [-0.05, 0) is 32.0 Å². The Morgan fingerprint density at radius 2 is 1.74 bits per heavy atom. The molecule has 1 rings (SSSR count). The molecule has 0 radical (unpaired) electrons. The molecule has 0 saturated carbocycles. The lowest BCUT2D eigenvalue weighted by molar-refractivity contribution is -0.137. The van der Waals surface area contributed by atoms with Crippen LogP contribution < -0.4 is 4.74 Å². The van der Waals surface area contributed by atoms with E-state index in [4.69, 9.17) is 9.05 Å². The Bertz CT molecular complexity index is 593. The Morgan fingerprint density at radius 3 is 2.17 bits per heavy atom. The van der Waals surface area contributed by atoms with Crippen molar-refractivity contribution in [3.8, 4) is 5.75 Å². The molecule has 0 bridgehead atoms. The maximum atomic E-state index is 13.6. The molecule has 0 aliphatic carbocycles. The minimum Gasteiger partial charge on any atom is -0.423 e. The van der Waals surface area contributed by atoms with Crippen molar-refractivity contribution in [3.63, 3.8) is 0 Å². The zero-order valence-electron chi connectivity index (χ0n) is 12.4. The molecular weight excluding hydrogens is 343 g/mol. The molecule has 0 unspecified atom stereocenters. The van der Waals surface area contributed by atoms with Crippen LogP contribution in [0.4, 0.5) is 17.6 Å². The van der Waals surface area contributed by atoms with E-state index in [2.05, 4.69) is 4.74 Å². The standard InChI is InChI=1S/C13H15F4O5P/c1-3-20-23(19,21-4-2)8-12(18)22-11-6-5-9(7-10(11)14)13(15,16)17/h5-7H,3-4,8H2,1-2H3. The molecule has 0 aromatic heterocycles. The molecule has 130 valence electrons. The number of halogens is 4. The third kappa shape index (κ3) is 5.93. The molecule has 0 amide bonds. The average molecular weight is 358 g/mol. The molecule has 0 spiro atoms. The van der Waals surface area contributed by atoms with Crippen LogP contribution in [0.25, 0.3) is 0 Å². The first-order valence-electron chi connectivity index (χ1n) is 6.57. The van der Waals surface area contributed by atoms with Gasteiger partial charge < -0.3 is 13.8 Å².